The Kier molecular flexibility index (Phi) is 5.20. The Morgan fingerprint density at radius 2 is 1.67 bits per heavy atom. The SMILES string of the molecule is O=C(O)c1cccc(-n2c(-c3ccccc3)cc3c2CCC(C2CCCCC2)C3)c1. The van der Waals surface area contributed by atoms with Gasteiger partial charge in [0.05, 0.1) is 11.3 Å². The van der Waals surface area contributed by atoms with Crippen molar-refractivity contribution in [3.8, 4) is 16.9 Å². The highest BCUT2D eigenvalue weighted by Crippen LogP contribution is 2.41. The number of hydrogen-bond acceptors (Lipinski definition) is 1. The molecule has 2 aromatic carbocycles. The molecule has 1 fully saturated rings. The molecule has 0 radical (unpaired) electrons. The van der Waals surface area contributed by atoms with Gasteiger partial charge in [0.15, 0.2) is 0 Å². The van der Waals surface area contributed by atoms with Crippen molar-refractivity contribution in [2.45, 2.75) is 51.4 Å². The zero-order chi connectivity index (χ0) is 20.5. The van der Waals surface area contributed by atoms with Crippen LogP contribution in [0.2, 0.25) is 0 Å². The maximum Gasteiger partial charge on any atom is 0.335 e. The number of carboxylic acids is 1. The van der Waals surface area contributed by atoms with Crippen LogP contribution in [0.1, 0.15) is 60.1 Å². The smallest absolute Gasteiger partial charge is 0.335 e. The van der Waals surface area contributed by atoms with Crippen molar-refractivity contribution in [3.05, 3.63) is 77.5 Å². The first-order valence-electron chi connectivity index (χ1n) is 11.3. The monoisotopic (exact) mass is 399 g/mol. The number of nitrogens with zero attached hydrogens (tertiary/aromatic N) is 1. The Bertz CT molecular complexity index is 1040. The largest absolute Gasteiger partial charge is 0.478 e. The van der Waals surface area contributed by atoms with Crippen LogP contribution in [0.25, 0.3) is 16.9 Å². The highest BCUT2D eigenvalue weighted by atomic mass is 16.4. The summed E-state index contributed by atoms with van der Waals surface area (Å²) in [5, 5.41) is 9.50. The molecule has 1 saturated carbocycles. The summed E-state index contributed by atoms with van der Waals surface area (Å²) in [6.45, 7) is 0. The quantitative estimate of drug-likeness (QED) is 0.542. The maximum absolute atomic E-state index is 11.6. The van der Waals surface area contributed by atoms with Crippen LogP contribution in [0.3, 0.4) is 0 Å². The first-order valence-corrected chi connectivity index (χ1v) is 11.3. The molecule has 2 aliphatic carbocycles. The van der Waals surface area contributed by atoms with Crippen LogP contribution in [0, 0.1) is 11.8 Å². The summed E-state index contributed by atoms with van der Waals surface area (Å²) in [5.74, 6) is 0.796. The number of hydrogen-bond donors (Lipinski definition) is 1. The fourth-order valence-corrected chi connectivity index (χ4v) is 5.66. The molecule has 5 rings (SSSR count). The predicted molar refractivity (Wildman–Crippen MR) is 120 cm³/mol. The third-order valence-corrected chi connectivity index (χ3v) is 7.16. The molecule has 0 aliphatic heterocycles. The van der Waals surface area contributed by atoms with Crippen molar-refractivity contribution in [1.82, 2.24) is 4.57 Å². The lowest BCUT2D eigenvalue weighted by Gasteiger charge is -2.33. The van der Waals surface area contributed by atoms with E-state index in [2.05, 4.69) is 34.9 Å². The molecule has 0 saturated heterocycles. The minimum absolute atomic E-state index is 0.338. The van der Waals surface area contributed by atoms with Gasteiger partial charge in [0.25, 0.3) is 0 Å². The van der Waals surface area contributed by atoms with Gasteiger partial charge in [-0.05, 0) is 66.5 Å². The molecule has 3 nitrogen and oxygen atoms in total. The van der Waals surface area contributed by atoms with Crippen molar-refractivity contribution < 1.29 is 9.90 Å². The second kappa shape index (κ2) is 8.14. The van der Waals surface area contributed by atoms with E-state index in [-0.39, 0.29) is 0 Å². The lowest BCUT2D eigenvalue weighted by molar-refractivity contribution is 0.0697. The molecule has 1 unspecified atom stereocenters. The first kappa shape index (κ1) is 19.2. The molecular weight excluding hydrogens is 370 g/mol. The molecule has 154 valence electrons. The van der Waals surface area contributed by atoms with Gasteiger partial charge < -0.3 is 9.67 Å². The Balaban J connectivity index is 1.59. The van der Waals surface area contributed by atoms with Gasteiger partial charge in [0, 0.05) is 11.4 Å². The molecule has 1 N–H and O–H groups in total. The number of aromatic nitrogens is 1. The number of rotatable bonds is 4. The molecule has 0 spiro atoms. The molecule has 30 heavy (non-hydrogen) atoms. The Hall–Kier alpha value is -2.81. The van der Waals surface area contributed by atoms with Gasteiger partial charge in [0.2, 0.25) is 0 Å². The first-order chi connectivity index (χ1) is 14.7. The van der Waals surface area contributed by atoms with Gasteiger partial charge in [-0.15, -0.1) is 0 Å². The summed E-state index contributed by atoms with van der Waals surface area (Å²) in [4.78, 5) is 11.6. The van der Waals surface area contributed by atoms with Crippen LogP contribution in [-0.2, 0) is 12.8 Å². The van der Waals surface area contributed by atoms with Gasteiger partial charge >= 0.3 is 5.97 Å². The van der Waals surface area contributed by atoms with Crippen molar-refractivity contribution in [2.24, 2.45) is 11.8 Å². The summed E-state index contributed by atoms with van der Waals surface area (Å²) < 4.78 is 2.31. The normalized spacial score (nSPS) is 19.4. The summed E-state index contributed by atoms with van der Waals surface area (Å²) in [6.07, 6.45) is 10.5. The molecule has 2 aliphatic rings. The van der Waals surface area contributed by atoms with Crippen LogP contribution < -0.4 is 0 Å². The van der Waals surface area contributed by atoms with E-state index in [1.807, 2.05) is 24.3 Å². The van der Waals surface area contributed by atoms with Crippen molar-refractivity contribution >= 4 is 5.97 Å². The fourth-order valence-electron chi connectivity index (χ4n) is 5.66. The highest BCUT2D eigenvalue weighted by Gasteiger charge is 2.30. The average molecular weight is 400 g/mol. The molecule has 1 heterocycles. The van der Waals surface area contributed by atoms with E-state index in [4.69, 9.17) is 0 Å². The number of benzene rings is 2. The number of carboxylic acid groups (broad SMARTS) is 1. The molecule has 0 bridgehead atoms. The van der Waals surface area contributed by atoms with Crippen molar-refractivity contribution in [1.29, 1.82) is 0 Å². The van der Waals surface area contributed by atoms with Crippen LogP contribution in [0.15, 0.2) is 60.7 Å². The number of fused-ring (bicyclic) bond motifs is 1. The van der Waals surface area contributed by atoms with Crippen LogP contribution in [0.4, 0.5) is 0 Å². The van der Waals surface area contributed by atoms with Crippen LogP contribution in [-0.4, -0.2) is 15.6 Å². The van der Waals surface area contributed by atoms with Gasteiger partial charge in [-0.1, -0.05) is 68.5 Å². The molecule has 1 aromatic heterocycles. The summed E-state index contributed by atoms with van der Waals surface area (Å²) in [6, 6.07) is 20.2. The summed E-state index contributed by atoms with van der Waals surface area (Å²) in [5.41, 5.74) is 6.46. The fraction of sp³-hybridized carbons (Fsp3) is 0.370. The molecule has 3 aromatic rings. The predicted octanol–water partition coefficient (Wildman–Crippen LogP) is 6.53. The maximum atomic E-state index is 11.6. The van der Waals surface area contributed by atoms with Gasteiger partial charge in [-0.2, -0.15) is 0 Å². The lowest BCUT2D eigenvalue weighted by atomic mass is 9.73. The molecule has 0 amide bonds. The van der Waals surface area contributed by atoms with E-state index in [0.29, 0.717) is 5.56 Å². The lowest BCUT2D eigenvalue weighted by Crippen LogP contribution is -2.24. The van der Waals surface area contributed by atoms with Gasteiger partial charge in [-0.3, -0.25) is 0 Å². The third-order valence-electron chi connectivity index (χ3n) is 7.16. The van der Waals surface area contributed by atoms with Gasteiger partial charge in [0.1, 0.15) is 0 Å². The summed E-state index contributed by atoms with van der Waals surface area (Å²) in [7, 11) is 0. The molecule has 1 atom stereocenters. The standard InChI is InChI=1S/C27H29NO2/c29-27(30)22-12-7-13-24(17-22)28-25-15-14-21(19-8-3-1-4-9-19)16-23(25)18-26(28)20-10-5-2-6-11-20/h2,5-7,10-13,17-19,21H,1,3-4,8-9,14-16H2,(H,29,30). The zero-order valence-electron chi connectivity index (χ0n) is 17.4. The van der Waals surface area contributed by atoms with Crippen LogP contribution >= 0.6 is 0 Å². The van der Waals surface area contributed by atoms with E-state index in [1.54, 1.807) is 6.07 Å². The topological polar surface area (TPSA) is 42.2 Å². The number of aromatic carboxylic acids is 1. The van der Waals surface area contributed by atoms with E-state index in [9.17, 15) is 9.90 Å². The molecular formula is C27H29NO2. The van der Waals surface area contributed by atoms with Crippen molar-refractivity contribution in [3.63, 3.8) is 0 Å². The van der Waals surface area contributed by atoms with E-state index in [0.717, 1.165) is 30.4 Å². The van der Waals surface area contributed by atoms with Gasteiger partial charge in [-0.25, -0.2) is 4.79 Å². The second-order valence-corrected chi connectivity index (χ2v) is 8.96. The average Bonchev–Trinajstić information content (AvgIpc) is 3.19. The Morgan fingerprint density at radius 1 is 0.867 bits per heavy atom. The second-order valence-electron chi connectivity index (χ2n) is 8.96. The van der Waals surface area contributed by atoms with E-state index < -0.39 is 5.97 Å². The zero-order valence-corrected chi connectivity index (χ0v) is 17.4. The minimum Gasteiger partial charge on any atom is -0.478 e. The van der Waals surface area contributed by atoms with E-state index >= 15 is 0 Å². The summed E-state index contributed by atoms with van der Waals surface area (Å²) >= 11 is 0. The molecule has 3 heteroatoms. The Morgan fingerprint density at radius 3 is 2.43 bits per heavy atom. The van der Waals surface area contributed by atoms with Crippen LogP contribution in [0.5, 0.6) is 0 Å². The third kappa shape index (κ3) is 3.58. The highest BCUT2D eigenvalue weighted by molar-refractivity contribution is 5.88. The van der Waals surface area contributed by atoms with E-state index in [1.165, 1.54) is 61.0 Å². The van der Waals surface area contributed by atoms with Crippen molar-refractivity contribution in [2.75, 3.05) is 0 Å². The number of carbonyl (C=O) groups is 1. The Labute approximate surface area is 178 Å². The minimum atomic E-state index is -0.878.